The average Bonchev–Trinajstić information content (AvgIpc) is 2.55. The van der Waals surface area contributed by atoms with E-state index in [1.54, 1.807) is 19.2 Å². The summed E-state index contributed by atoms with van der Waals surface area (Å²) in [6, 6.07) is 4.21. The van der Waals surface area contributed by atoms with Crippen LogP contribution in [-0.4, -0.2) is 37.3 Å². The Kier molecular flexibility index (Phi) is 5.46. The summed E-state index contributed by atoms with van der Waals surface area (Å²) in [4.78, 5) is 21.4. The van der Waals surface area contributed by atoms with Crippen molar-refractivity contribution in [3.63, 3.8) is 0 Å². The van der Waals surface area contributed by atoms with Crippen LogP contribution in [0.2, 0.25) is 10.2 Å². The predicted octanol–water partition coefficient (Wildman–Crippen LogP) is 3.47. The molecule has 0 spiro atoms. The lowest BCUT2D eigenvalue weighted by molar-refractivity contribution is 0.258. The van der Waals surface area contributed by atoms with Gasteiger partial charge in [0.05, 0.1) is 19.9 Å². The standard InChI is InChI=1S/C14H14Cl2N4O3/c1-20(12-6-11(15)17-7-18-12)14(21)19-9-4-8(22-2)5-10(23-3)13(9)16/h4-7H,1-3H3,(H,19,21). The Morgan fingerprint density at radius 3 is 2.52 bits per heavy atom. The highest BCUT2D eigenvalue weighted by atomic mass is 35.5. The van der Waals surface area contributed by atoms with Gasteiger partial charge in [0.25, 0.3) is 0 Å². The smallest absolute Gasteiger partial charge is 0.327 e. The Morgan fingerprint density at radius 2 is 1.91 bits per heavy atom. The first-order valence-corrected chi connectivity index (χ1v) is 7.15. The lowest BCUT2D eigenvalue weighted by atomic mass is 10.2. The van der Waals surface area contributed by atoms with Crippen LogP contribution in [0, 0.1) is 0 Å². The maximum Gasteiger partial charge on any atom is 0.327 e. The van der Waals surface area contributed by atoms with E-state index in [0.29, 0.717) is 23.0 Å². The van der Waals surface area contributed by atoms with Gasteiger partial charge in [0.15, 0.2) is 0 Å². The molecular weight excluding hydrogens is 343 g/mol. The van der Waals surface area contributed by atoms with Crippen LogP contribution in [0.15, 0.2) is 24.5 Å². The molecule has 1 N–H and O–H groups in total. The van der Waals surface area contributed by atoms with Crippen LogP contribution >= 0.6 is 23.2 Å². The number of urea groups is 1. The molecule has 122 valence electrons. The quantitative estimate of drug-likeness (QED) is 0.848. The molecule has 0 radical (unpaired) electrons. The normalized spacial score (nSPS) is 10.1. The third-order valence-electron chi connectivity index (χ3n) is 2.98. The topological polar surface area (TPSA) is 76.6 Å². The van der Waals surface area contributed by atoms with E-state index in [1.165, 1.54) is 31.5 Å². The zero-order valence-corrected chi connectivity index (χ0v) is 14.1. The number of anilines is 2. The summed E-state index contributed by atoms with van der Waals surface area (Å²) >= 11 is 12.0. The monoisotopic (exact) mass is 356 g/mol. The van der Waals surface area contributed by atoms with E-state index in [4.69, 9.17) is 32.7 Å². The fourth-order valence-corrected chi connectivity index (χ4v) is 2.12. The van der Waals surface area contributed by atoms with E-state index >= 15 is 0 Å². The number of nitrogens with one attached hydrogen (secondary N) is 1. The van der Waals surface area contributed by atoms with Crippen molar-refractivity contribution >= 4 is 40.7 Å². The molecule has 2 aromatic rings. The SMILES string of the molecule is COc1cc(NC(=O)N(C)c2cc(Cl)ncn2)c(Cl)c(OC)c1. The van der Waals surface area contributed by atoms with Gasteiger partial charge in [-0.3, -0.25) is 4.90 Å². The summed E-state index contributed by atoms with van der Waals surface area (Å²) in [5.41, 5.74) is 0.347. The minimum atomic E-state index is -0.461. The number of amides is 2. The number of aromatic nitrogens is 2. The van der Waals surface area contributed by atoms with Gasteiger partial charge in [-0.2, -0.15) is 0 Å². The second-order valence-corrected chi connectivity index (χ2v) is 5.14. The largest absolute Gasteiger partial charge is 0.497 e. The molecule has 9 heteroatoms. The molecule has 1 aromatic heterocycles. The van der Waals surface area contributed by atoms with Crippen molar-refractivity contribution < 1.29 is 14.3 Å². The zero-order chi connectivity index (χ0) is 17.0. The minimum absolute atomic E-state index is 0.232. The van der Waals surface area contributed by atoms with Gasteiger partial charge >= 0.3 is 6.03 Å². The third kappa shape index (κ3) is 3.94. The van der Waals surface area contributed by atoms with Gasteiger partial charge in [-0.1, -0.05) is 23.2 Å². The first kappa shape index (κ1) is 17.1. The summed E-state index contributed by atoms with van der Waals surface area (Å²) in [5.74, 6) is 1.22. The summed E-state index contributed by atoms with van der Waals surface area (Å²) in [5, 5.41) is 3.16. The summed E-state index contributed by atoms with van der Waals surface area (Å²) < 4.78 is 10.3. The van der Waals surface area contributed by atoms with Crippen LogP contribution in [0.25, 0.3) is 0 Å². The number of ether oxygens (including phenoxy) is 2. The first-order valence-electron chi connectivity index (χ1n) is 6.40. The molecule has 0 fully saturated rings. The summed E-state index contributed by atoms with van der Waals surface area (Å²) in [6.07, 6.45) is 1.27. The molecule has 0 aliphatic rings. The fourth-order valence-electron chi connectivity index (χ4n) is 1.74. The maximum atomic E-state index is 12.3. The number of hydrogen-bond acceptors (Lipinski definition) is 5. The van der Waals surface area contributed by atoms with Gasteiger partial charge in [0.2, 0.25) is 0 Å². The van der Waals surface area contributed by atoms with E-state index in [-0.39, 0.29) is 10.2 Å². The molecule has 2 amide bonds. The number of halogens is 2. The van der Waals surface area contributed by atoms with Crippen molar-refractivity contribution in [2.75, 3.05) is 31.5 Å². The number of carbonyl (C=O) groups is 1. The summed E-state index contributed by atoms with van der Waals surface area (Å²) in [6.45, 7) is 0. The second kappa shape index (κ2) is 7.34. The molecule has 0 unspecified atom stereocenters. The number of methoxy groups -OCH3 is 2. The lowest BCUT2D eigenvalue weighted by Gasteiger charge is -2.18. The van der Waals surface area contributed by atoms with Crippen LogP contribution in [0.3, 0.4) is 0 Å². The molecule has 0 aliphatic heterocycles. The van der Waals surface area contributed by atoms with Gasteiger partial charge in [-0.25, -0.2) is 14.8 Å². The highest BCUT2D eigenvalue weighted by Crippen LogP contribution is 2.36. The highest BCUT2D eigenvalue weighted by molar-refractivity contribution is 6.35. The number of nitrogens with zero attached hydrogens (tertiary/aromatic N) is 3. The molecule has 0 saturated heterocycles. The van der Waals surface area contributed by atoms with Crippen molar-refractivity contribution in [2.45, 2.75) is 0 Å². The van der Waals surface area contributed by atoms with Gasteiger partial charge in [-0.15, -0.1) is 0 Å². The van der Waals surface area contributed by atoms with E-state index in [2.05, 4.69) is 15.3 Å². The van der Waals surface area contributed by atoms with Crippen molar-refractivity contribution in [3.8, 4) is 11.5 Å². The molecule has 0 saturated carbocycles. The van der Waals surface area contributed by atoms with Crippen molar-refractivity contribution in [2.24, 2.45) is 0 Å². The van der Waals surface area contributed by atoms with E-state index in [0.717, 1.165) is 0 Å². The number of rotatable bonds is 4. The van der Waals surface area contributed by atoms with Gasteiger partial charge in [0.1, 0.15) is 33.8 Å². The van der Waals surface area contributed by atoms with Crippen LogP contribution in [-0.2, 0) is 0 Å². The second-order valence-electron chi connectivity index (χ2n) is 4.38. The van der Waals surface area contributed by atoms with Gasteiger partial charge in [-0.05, 0) is 0 Å². The molecule has 2 rings (SSSR count). The van der Waals surface area contributed by atoms with E-state index in [1.807, 2.05) is 0 Å². The predicted molar refractivity (Wildman–Crippen MR) is 89.0 cm³/mol. The first-order chi connectivity index (χ1) is 11.0. The molecule has 0 bridgehead atoms. The lowest BCUT2D eigenvalue weighted by Crippen LogP contribution is -2.32. The molecule has 23 heavy (non-hydrogen) atoms. The van der Waals surface area contributed by atoms with Crippen molar-refractivity contribution in [1.29, 1.82) is 0 Å². The number of benzene rings is 1. The minimum Gasteiger partial charge on any atom is -0.497 e. The average molecular weight is 357 g/mol. The molecular formula is C14H14Cl2N4O3. The molecule has 0 aliphatic carbocycles. The van der Waals surface area contributed by atoms with Gasteiger partial charge < -0.3 is 14.8 Å². The van der Waals surface area contributed by atoms with Crippen LogP contribution in [0.1, 0.15) is 0 Å². The summed E-state index contributed by atoms with van der Waals surface area (Å²) in [7, 11) is 4.52. The molecule has 0 atom stereocenters. The van der Waals surface area contributed by atoms with Crippen molar-refractivity contribution in [1.82, 2.24) is 9.97 Å². The van der Waals surface area contributed by atoms with Crippen LogP contribution in [0.5, 0.6) is 11.5 Å². The van der Waals surface area contributed by atoms with Gasteiger partial charge in [0, 0.05) is 25.2 Å². The van der Waals surface area contributed by atoms with E-state index < -0.39 is 6.03 Å². The fraction of sp³-hybridized carbons (Fsp3) is 0.214. The Balaban J connectivity index is 2.26. The Labute approximate surface area is 143 Å². The Bertz CT molecular complexity index is 727. The zero-order valence-electron chi connectivity index (χ0n) is 12.6. The third-order valence-corrected chi connectivity index (χ3v) is 3.57. The molecule has 1 heterocycles. The van der Waals surface area contributed by atoms with Crippen LogP contribution in [0.4, 0.5) is 16.3 Å². The highest BCUT2D eigenvalue weighted by Gasteiger charge is 2.17. The molecule has 1 aromatic carbocycles. The van der Waals surface area contributed by atoms with E-state index in [9.17, 15) is 4.79 Å². The maximum absolute atomic E-state index is 12.3. The van der Waals surface area contributed by atoms with Crippen LogP contribution < -0.4 is 19.7 Å². The number of carbonyl (C=O) groups excluding carboxylic acids is 1. The Morgan fingerprint density at radius 1 is 1.17 bits per heavy atom. The molecule has 7 nitrogen and oxygen atoms in total. The van der Waals surface area contributed by atoms with Crippen molar-refractivity contribution in [3.05, 3.63) is 34.7 Å². The Hall–Kier alpha value is -2.25. The number of hydrogen-bond donors (Lipinski definition) is 1.